The van der Waals surface area contributed by atoms with Crippen molar-refractivity contribution in [3.8, 4) is 22.4 Å². The summed E-state index contributed by atoms with van der Waals surface area (Å²) in [6.07, 6.45) is 1.85. The first kappa shape index (κ1) is 14.1. The Balaban J connectivity index is 1.72. The number of H-pyrrole nitrogens is 1. The fraction of sp³-hybridized carbons (Fsp3) is 0. The molecule has 3 N–H and O–H groups in total. The molecule has 0 fully saturated rings. The van der Waals surface area contributed by atoms with E-state index in [-0.39, 0.29) is 5.69 Å². The van der Waals surface area contributed by atoms with Gasteiger partial charge in [-0.3, -0.25) is 9.78 Å². The third-order valence-corrected chi connectivity index (χ3v) is 3.86. The molecule has 0 unspecified atom stereocenters. The quantitative estimate of drug-likeness (QED) is 0.607. The standard InChI is InChI=1S/C18H13N5O/c19-18(24)17-16(21-23-22-17)12-7-5-11(6-8-12)14-9-13-3-1-2-4-15(13)20-10-14/h1-10H,(H2,19,24)(H,21,22,23). The maximum atomic E-state index is 11.4. The van der Waals surface area contributed by atoms with Gasteiger partial charge >= 0.3 is 0 Å². The van der Waals surface area contributed by atoms with Gasteiger partial charge in [-0.15, -0.1) is 0 Å². The molecule has 2 heterocycles. The number of hydrogen-bond acceptors (Lipinski definition) is 4. The highest BCUT2D eigenvalue weighted by Crippen LogP contribution is 2.26. The van der Waals surface area contributed by atoms with Crippen molar-refractivity contribution in [2.24, 2.45) is 5.73 Å². The van der Waals surface area contributed by atoms with Crippen LogP contribution in [0.15, 0.2) is 60.8 Å². The van der Waals surface area contributed by atoms with Crippen LogP contribution in [0.1, 0.15) is 10.5 Å². The molecule has 0 atom stereocenters. The Bertz CT molecular complexity index is 1040. The molecule has 4 aromatic rings. The summed E-state index contributed by atoms with van der Waals surface area (Å²) < 4.78 is 0. The van der Waals surface area contributed by atoms with Gasteiger partial charge in [0.1, 0.15) is 5.69 Å². The van der Waals surface area contributed by atoms with Crippen LogP contribution in [0.4, 0.5) is 0 Å². The van der Waals surface area contributed by atoms with Crippen molar-refractivity contribution in [3.05, 3.63) is 66.5 Å². The molecule has 0 radical (unpaired) electrons. The molecular formula is C18H13N5O. The van der Waals surface area contributed by atoms with Crippen LogP contribution in [-0.4, -0.2) is 26.3 Å². The van der Waals surface area contributed by atoms with Gasteiger partial charge in [0.25, 0.3) is 5.91 Å². The van der Waals surface area contributed by atoms with E-state index >= 15 is 0 Å². The van der Waals surface area contributed by atoms with Gasteiger partial charge in [-0.2, -0.15) is 15.4 Å². The molecule has 2 aromatic heterocycles. The minimum absolute atomic E-state index is 0.134. The van der Waals surface area contributed by atoms with Crippen LogP contribution in [0.2, 0.25) is 0 Å². The number of pyridine rings is 1. The summed E-state index contributed by atoms with van der Waals surface area (Å²) in [5.41, 5.74) is 9.67. The van der Waals surface area contributed by atoms with Gasteiger partial charge in [-0.1, -0.05) is 42.5 Å². The summed E-state index contributed by atoms with van der Waals surface area (Å²) in [4.78, 5) is 15.8. The lowest BCUT2D eigenvalue weighted by Gasteiger charge is -2.05. The number of carbonyl (C=O) groups excluding carboxylic acids is 1. The molecule has 6 nitrogen and oxygen atoms in total. The lowest BCUT2D eigenvalue weighted by atomic mass is 10.0. The Labute approximate surface area is 137 Å². The molecule has 0 saturated carbocycles. The zero-order chi connectivity index (χ0) is 16.5. The second-order valence-electron chi connectivity index (χ2n) is 5.38. The third-order valence-electron chi connectivity index (χ3n) is 3.86. The monoisotopic (exact) mass is 315 g/mol. The summed E-state index contributed by atoms with van der Waals surface area (Å²) in [6.45, 7) is 0. The van der Waals surface area contributed by atoms with Gasteiger partial charge in [0.2, 0.25) is 0 Å². The fourth-order valence-corrected chi connectivity index (χ4v) is 2.65. The van der Waals surface area contributed by atoms with Crippen molar-refractivity contribution in [2.45, 2.75) is 0 Å². The molecule has 1 amide bonds. The number of primary amides is 1. The molecule has 116 valence electrons. The molecule has 0 bridgehead atoms. The molecule has 0 saturated heterocycles. The molecule has 0 aliphatic rings. The highest BCUT2D eigenvalue weighted by atomic mass is 16.1. The van der Waals surface area contributed by atoms with Crippen LogP contribution in [-0.2, 0) is 0 Å². The lowest BCUT2D eigenvalue weighted by molar-refractivity contribution is 0.0996. The molecule has 0 aliphatic heterocycles. The Morgan fingerprint density at radius 3 is 2.46 bits per heavy atom. The van der Waals surface area contributed by atoms with Gasteiger partial charge in [0, 0.05) is 22.7 Å². The van der Waals surface area contributed by atoms with Crippen molar-refractivity contribution in [1.29, 1.82) is 0 Å². The third kappa shape index (κ3) is 2.40. The number of hydrogen-bond donors (Lipinski definition) is 2. The molecule has 2 aromatic carbocycles. The zero-order valence-corrected chi connectivity index (χ0v) is 12.6. The number of nitrogens with two attached hydrogens (primary N) is 1. The number of rotatable bonds is 3. The predicted molar refractivity (Wildman–Crippen MR) is 91.1 cm³/mol. The number of aromatic nitrogens is 4. The normalized spacial score (nSPS) is 10.8. The van der Waals surface area contributed by atoms with Crippen LogP contribution < -0.4 is 5.73 Å². The Morgan fingerprint density at radius 1 is 0.917 bits per heavy atom. The van der Waals surface area contributed by atoms with Crippen molar-refractivity contribution in [3.63, 3.8) is 0 Å². The van der Waals surface area contributed by atoms with Crippen molar-refractivity contribution >= 4 is 16.8 Å². The summed E-state index contributed by atoms with van der Waals surface area (Å²) in [5.74, 6) is -0.610. The number of para-hydroxylation sites is 1. The first-order valence-corrected chi connectivity index (χ1v) is 7.38. The van der Waals surface area contributed by atoms with Crippen LogP contribution >= 0.6 is 0 Å². The first-order chi connectivity index (χ1) is 11.7. The van der Waals surface area contributed by atoms with E-state index in [0.29, 0.717) is 5.69 Å². The van der Waals surface area contributed by atoms with Crippen LogP contribution in [0, 0.1) is 0 Å². The maximum absolute atomic E-state index is 11.4. The first-order valence-electron chi connectivity index (χ1n) is 7.38. The topological polar surface area (TPSA) is 97.6 Å². The van der Waals surface area contributed by atoms with E-state index in [9.17, 15) is 4.79 Å². The van der Waals surface area contributed by atoms with E-state index in [1.54, 1.807) is 0 Å². The van der Waals surface area contributed by atoms with Crippen molar-refractivity contribution < 1.29 is 4.79 Å². The number of benzene rings is 2. The SMILES string of the molecule is NC(=O)c1n[nH]nc1-c1ccc(-c2cnc3ccccc3c2)cc1. The lowest BCUT2D eigenvalue weighted by Crippen LogP contribution is -2.12. The number of aromatic amines is 1. The van der Waals surface area contributed by atoms with Crippen LogP contribution in [0.3, 0.4) is 0 Å². The summed E-state index contributed by atoms with van der Waals surface area (Å²) >= 11 is 0. The number of amides is 1. The predicted octanol–water partition coefficient (Wildman–Crippen LogP) is 2.79. The molecule has 6 heteroatoms. The number of nitrogens with one attached hydrogen (secondary N) is 1. The van der Waals surface area contributed by atoms with Crippen LogP contribution in [0.25, 0.3) is 33.3 Å². The van der Waals surface area contributed by atoms with Gasteiger partial charge < -0.3 is 5.73 Å². The zero-order valence-electron chi connectivity index (χ0n) is 12.6. The number of fused-ring (bicyclic) bond motifs is 1. The minimum atomic E-state index is -0.610. The van der Waals surface area contributed by atoms with E-state index in [1.807, 2.05) is 54.7 Å². The van der Waals surface area contributed by atoms with Gasteiger partial charge in [-0.05, 0) is 17.7 Å². The summed E-state index contributed by atoms with van der Waals surface area (Å²) in [7, 11) is 0. The summed E-state index contributed by atoms with van der Waals surface area (Å²) in [6, 6.07) is 17.8. The smallest absolute Gasteiger partial charge is 0.271 e. The molecule has 0 spiro atoms. The molecule has 0 aliphatic carbocycles. The highest BCUT2D eigenvalue weighted by molar-refractivity contribution is 5.96. The molecule has 4 rings (SSSR count). The maximum Gasteiger partial charge on any atom is 0.271 e. The number of nitrogens with zero attached hydrogens (tertiary/aromatic N) is 3. The Kier molecular flexibility index (Phi) is 3.28. The van der Waals surface area contributed by atoms with Crippen molar-refractivity contribution in [2.75, 3.05) is 0 Å². The Hall–Kier alpha value is -3.54. The largest absolute Gasteiger partial charge is 0.364 e. The van der Waals surface area contributed by atoms with E-state index in [1.165, 1.54) is 0 Å². The number of carbonyl (C=O) groups is 1. The van der Waals surface area contributed by atoms with E-state index in [0.717, 1.165) is 27.6 Å². The average molecular weight is 315 g/mol. The minimum Gasteiger partial charge on any atom is -0.364 e. The summed E-state index contributed by atoms with van der Waals surface area (Å²) in [5, 5.41) is 11.3. The molecule has 24 heavy (non-hydrogen) atoms. The van der Waals surface area contributed by atoms with Gasteiger partial charge in [-0.25, -0.2) is 0 Å². The van der Waals surface area contributed by atoms with E-state index in [2.05, 4.69) is 26.5 Å². The van der Waals surface area contributed by atoms with Gasteiger partial charge in [0.15, 0.2) is 5.69 Å². The van der Waals surface area contributed by atoms with Crippen LogP contribution in [0.5, 0.6) is 0 Å². The Morgan fingerprint density at radius 2 is 1.67 bits per heavy atom. The van der Waals surface area contributed by atoms with Crippen molar-refractivity contribution in [1.82, 2.24) is 20.4 Å². The second-order valence-corrected chi connectivity index (χ2v) is 5.38. The second kappa shape index (κ2) is 5.58. The highest BCUT2D eigenvalue weighted by Gasteiger charge is 2.15. The van der Waals surface area contributed by atoms with Gasteiger partial charge in [0.05, 0.1) is 5.52 Å². The van der Waals surface area contributed by atoms with E-state index in [4.69, 9.17) is 5.73 Å². The molecular weight excluding hydrogens is 302 g/mol. The fourth-order valence-electron chi connectivity index (χ4n) is 2.65. The van der Waals surface area contributed by atoms with E-state index < -0.39 is 5.91 Å². The average Bonchev–Trinajstić information content (AvgIpc) is 3.11.